The lowest BCUT2D eigenvalue weighted by Gasteiger charge is -2.16. The molecule has 130 valence electrons. The molecule has 2 heterocycles. The zero-order valence-corrected chi connectivity index (χ0v) is 13.2. The van der Waals surface area contributed by atoms with E-state index < -0.39 is 11.7 Å². The Morgan fingerprint density at radius 2 is 2.08 bits per heavy atom. The Kier molecular flexibility index (Phi) is 4.82. The fourth-order valence-corrected chi connectivity index (χ4v) is 2.11. The lowest BCUT2D eigenvalue weighted by atomic mass is 10.2. The molecule has 0 saturated carbocycles. The summed E-state index contributed by atoms with van der Waals surface area (Å²) >= 11 is 0. The van der Waals surface area contributed by atoms with E-state index in [1.54, 1.807) is 30.6 Å². The topological polar surface area (TPSA) is 135 Å². The van der Waals surface area contributed by atoms with E-state index in [1.165, 1.54) is 6.07 Å². The fraction of sp³-hybridized carbons (Fsp3) is 0.0625. The van der Waals surface area contributed by atoms with Crippen LogP contribution in [0.5, 0.6) is 0 Å². The first-order chi connectivity index (χ1) is 12.6. The molecule has 3 N–H and O–H groups in total. The van der Waals surface area contributed by atoms with Crippen LogP contribution in [0, 0.1) is 22.6 Å². The van der Waals surface area contributed by atoms with Gasteiger partial charge in [0.05, 0.1) is 11.3 Å². The van der Waals surface area contributed by atoms with Gasteiger partial charge in [0.25, 0.3) is 0 Å². The summed E-state index contributed by atoms with van der Waals surface area (Å²) < 4.78 is 18.0. The average molecular weight is 353 g/mol. The molecule has 0 aliphatic heterocycles. The van der Waals surface area contributed by atoms with E-state index in [1.807, 2.05) is 0 Å². The van der Waals surface area contributed by atoms with Crippen molar-refractivity contribution in [2.75, 3.05) is 10.4 Å². The van der Waals surface area contributed by atoms with Crippen molar-refractivity contribution < 1.29 is 14.2 Å². The average Bonchev–Trinajstić information content (AvgIpc) is 3.15. The van der Waals surface area contributed by atoms with Crippen molar-refractivity contribution in [2.45, 2.75) is 6.54 Å². The molecule has 0 amide bonds. The molecule has 0 saturated heterocycles. The number of hydrogen-bond acceptors (Lipinski definition) is 8. The minimum atomic E-state index is -0.723. The van der Waals surface area contributed by atoms with Crippen LogP contribution < -0.4 is 10.4 Å². The van der Waals surface area contributed by atoms with Crippen molar-refractivity contribution in [3.63, 3.8) is 0 Å². The number of rotatable bonds is 5. The zero-order valence-electron chi connectivity index (χ0n) is 13.2. The number of anilines is 2. The van der Waals surface area contributed by atoms with Gasteiger partial charge in [-0.1, -0.05) is 0 Å². The van der Waals surface area contributed by atoms with Crippen LogP contribution in [0.2, 0.25) is 0 Å². The van der Waals surface area contributed by atoms with Crippen molar-refractivity contribution in [3.05, 3.63) is 65.4 Å². The van der Waals surface area contributed by atoms with Crippen LogP contribution in [0.4, 0.5) is 15.9 Å². The number of nitrogens with zero attached hydrogens (tertiary/aromatic N) is 5. The largest absolute Gasteiger partial charge is 0.361 e. The third-order valence-electron chi connectivity index (χ3n) is 3.45. The van der Waals surface area contributed by atoms with Crippen LogP contribution >= 0.6 is 0 Å². The highest BCUT2D eigenvalue weighted by atomic mass is 19.1. The highest BCUT2D eigenvalue weighted by molar-refractivity contribution is 6.07. The molecule has 0 aliphatic rings. The van der Waals surface area contributed by atoms with Crippen LogP contribution in [0.25, 0.3) is 0 Å². The summed E-state index contributed by atoms with van der Waals surface area (Å²) in [4.78, 5) is 3.92. The molecule has 3 aromatic rings. The molecule has 0 unspecified atom stereocenters. The van der Waals surface area contributed by atoms with E-state index in [-0.39, 0.29) is 22.8 Å². The standard InChI is InChI=1S/C16H12FN7O2/c17-13-2-1-12(7-11(13)8-18)24(25)15(19)14-16(23-26-22-14)21-9-10-3-5-20-6-4-10/h1-7,19,25H,9H2,(H,21,23). The lowest BCUT2D eigenvalue weighted by Crippen LogP contribution is -2.28. The first kappa shape index (κ1) is 17.0. The Balaban J connectivity index is 1.78. The summed E-state index contributed by atoms with van der Waals surface area (Å²) in [5, 5.41) is 37.8. The van der Waals surface area contributed by atoms with E-state index >= 15 is 0 Å². The predicted octanol–water partition coefficient (Wildman–Crippen LogP) is 2.31. The Hall–Kier alpha value is -3.84. The molecule has 0 fully saturated rings. The van der Waals surface area contributed by atoms with E-state index in [0.717, 1.165) is 17.7 Å². The van der Waals surface area contributed by atoms with Crippen LogP contribution in [-0.4, -0.2) is 26.3 Å². The molecule has 10 heteroatoms. The maximum absolute atomic E-state index is 13.4. The SMILES string of the molecule is N#Cc1cc(N(O)C(=N)c2nonc2NCc2ccncc2)ccc1F. The Bertz CT molecular complexity index is 968. The van der Waals surface area contributed by atoms with Crippen molar-refractivity contribution in [3.8, 4) is 6.07 Å². The molecule has 0 spiro atoms. The lowest BCUT2D eigenvalue weighted by molar-refractivity contribution is 0.300. The van der Waals surface area contributed by atoms with Gasteiger partial charge >= 0.3 is 0 Å². The number of nitrogens with one attached hydrogen (secondary N) is 2. The summed E-state index contributed by atoms with van der Waals surface area (Å²) in [7, 11) is 0. The number of pyridine rings is 1. The van der Waals surface area contributed by atoms with Crippen LogP contribution in [0.3, 0.4) is 0 Å². The Labute approximate surface area is 146 Å². The second-order valence-corrected chi connectivity index (χ2v) is 5.11. The van der Waals surface area contributed by atoms with Crippen LogP contribution in [-0.2, 0) is 6.54 Å². The molecule has 0 aliphatic carbocycles. The number of amidine groups is 1. The smallest absolute Gasteiger partial charge is 0.202 e. The number of hydrogen-bond donors (Lipinski definition) is 3. The van der Waals surface area contributed by atoms with Gasteiger partial charge in [-0.25, -0.2) is 14.1 Å². The third-order valence-corrected chi connectivity index (χ3v) is 3.45. The second-order valence-electron chi connectivity index (χ2n) is 5.11. The van der Waals surface area contributed by atoms with Crippen molar-refractivity contribution in [1.29, 1.82) is 10.7 Å². The van der Waals surface area contributed by atoms with E-state index in [2.05, 4.69) is 25.2 Å². The molecule has 0 atom stereocenters. The van der Waals surface area contributed by atoms with Crippen molar-refractivity contribution in [1.82, 2.24) is 15.3 Å². The van der Waals surface area contributed by atoms with E-state index in [9.17, 15) is 9.60 Å². The summed E-state index contributed by atoms with van der Waals surface area (Å²) in [6, 6.07) is 8.62. The van der Waals surface area contributed by atoms with Gasteiger partial charge in [0.2, 0.25) is 5.82 Å². The maximum atomic E-state index is 13.4. The van der Waals surface area contributed by atoms with Crippen molar-refractivity contribution >= 4 is 17.3 Å². The summed E-state index contributed by atoms with van der Waals surface area (Å²) in [6.45, 7) is 0.373. The molecular weight excluding hydrogens is 341 g/mol. The molecule has 0 radical (unpaired) electrons. The van der Waals surface area contributed by atoms with Gasteiger partial charge in [0, 0.05) is 18.9 Å². The predicted molar refractivity (Wildman–Crippen MR) is 88.1 cm³/mol. The molecular formula is C16H12FN7O2. The van der Waals surface area contributed by atoms with E-state index in [4.69, 9.17) is 10.7 Å². The van der Waals surface area contributed by atoms with Crippen LogP contribution in [0.15, 0.2) is 47.4 Å². The molecule has 1 aromatic carbocycles. The monoisotopic (exact) mass is 353 g/mol. The van der Waals surface area contributed by atoms with Gasteiger partial charge in [-0.2, -0.15) is 5.26 Å². The molecule has 0 bridgehead atoms. The summed E-state index contributed by atoms with van der Waals surface area (Å²) in [6.07, 6.45) is 3.27. The number of benzene rings is 1. The van der Waals surface area contributed by atoms with Gasteiger partial charge in [-0.3, -0.25) is 15.6 Å². The minimum absolute atomic E-state index is 0.0241. The van der Waals surface area contributed by atoms with E-state index in [0.29, 0.717) is 11.6 Å². The highest BCUT2D eigenvalue weighted by Crippen LogP contribution is 2.21. The minimum Gasteiger partial charge on any atom is -0.361 e. The Morgan fingerprint density at radius 3 is 2.81 bits per heavy atom. The molecule has 9 nitrogen and oxygen atoms in total. The van der Waals surface area contributed by atoms with Gasteiger partial charge in [-0.05, 0) is 46.2 Å². The Morgan fingerprint density at radius 1 is 1.31 bits per heavy atom. The van der Waals surface area contributed by atoms with Gasteiger partial charge in [0.1, 0.15) is 11.9 Å². The second kappa shape index (κ2) is 7.37. The fourth-order valence-electron chi connectivity index (χ4n) is 2.11. The summed E-state index contributed by atoms with van der Waals surface area (Å²) in [5.74, 6) is -1.04. The third kappa shape index (κ3) is 3.47. The molecule has 2 aromatic heterocycles. The number of halogens is 1. The van der Waals surface area contributed by atoms with Gasteiger partial charge < -0.3 is 5.32 Å². The highest BCUT2D eigenvalue weighted by Gasteiger charge is 2.21. The molecule has 26 heavy (non-hydrogen) atoms. The number of aromatic nitrogens is 3. The zero-order chi connectivity index (χ0) is 18.5. The molecule has 3 rings (SSSR count). The van der Waals surface area contributed by atoms with Crippen molar-refractivity contribution in [2.24, 2.45) is 0 Å². The van der Waals surface area contributed by atoms with Gasteiger partial charge in [0.15, 0.2) is 11.5 Å². The first-order valence-corrected chi connectivity index (χ1v) is 7.33. The maximum Gasteiger partial charge on any atom is 0.202 e. The number of nitriles is 1. The summed E-state index contributed by atoms with van der Waals surface area (Å²) in [5.41, 5.74) is 0.627. The quantitative estimate of drug-likeness (QED) is 0.361. The van der Waals surface area contributed by atoms with Gasteiger partial charge in [-0.15, -0.1) is 0 Å². The number of hydroxylamine groups is 1. The van der Waals surface area contributed by atoms with Crippen LogP contribution in [0.1, 0.15) is 16.8 Å². The normalized spacial score (nSPS) is 10.2. The first-order valence-electron chi connectivity index (χ1n) is 7.33.